The first kappa shape index (κ1) is 17.8. The lowest BCUT2D eigenvalue weighted by Crippen LogP contribution is -2.49. The molecule has 1 fully saturated rings. The number of nitrogens with zero attached hydrogens (tertiary/aromatic N) is 2. The molecule has 7 heteroatoms. The zero-order valence-corrected chi connectivity index (χ0v) is 14.0. The number of nitrogens with one attached hydrogen (secondary N) is 2. The normalized spacial score (nSPS) is 23.1. The standard InChI is InChI=1S/C13H30N4O2S/c1-12(7-9-16(3)4)15-20(18,19)17-8-5-6-13(11-17)10-14-2/h12-15H,5-11H2,1-4H3. The summed E-state index contributed by atoms with van der Waals surface area (Å²) in [6.07, 6.45) is 2.86. The van der Waals surface area contributed by atoms with E-state index in [2.05, 4.69) is 14.9 Å². The molecule has 1 aliphatic heterocycles. The van der Waals surface area contributed by atoms with Gasteiger partial charge in [0.2, 0.25) is 0 Å². The van der Waals surface area contributed by atoms with Crippen LogP contribution in [0.5, 0.6) is 0 Å². The van der Waals surface area contributed by atoms with Crippen LogP contribution in [0, 0.1) is 5.92 Å². The molecule has 1 heterocycles. The van der Waals surface area contributed by atoms with E-state index < -0.39 is 10.2 Å². The van der Waals surface area contributed by atoms with Gasteiger partial charge in [0.15, 0.2) is 0 Å². The first-order valence-electron chi connectivity index (χ1n) is 7.42. The predicted octanol–water partition coefficient (Wildman–Crippen LogP) is 0.0924. The molecule has 0 radical (unpaired) electrons. The third-order valence-corrected chi connectivity index (χ3v) is 5.39. The van der Waals surface area contributed by atoms with Crippen LogP contribution in [-0.2, 0) is 10.2 Å². The number of hydrogen-bond acceptors (Lipinski definition) is 4. The van der Waals surface area contributed by atoms with Crippen LogP contribution >= 0.6 is 0 Å². The molecule has 0 aromatic carbocycles. The topological polar surface area (TPSA) is 64.7 Å². The van der Waals surface area contributed by atoms with Crippen molar-refractivity contribution in [2.45, 2.75) is 32.2 Å². The summed E-state index contributed by atoms with van der Waals surface area (Å²) in [7, 11) is 2.56. The molecule has 1 aliphatic rings. The van der Waals surface area contributed by atoms with Crippen LogP contribution in [-0.4, -0.2) is 71.0 Å². The molecule has 0 saturated carbocycles. The third-order valence-electron chi connectivity index (χ3n) is 3.67. The minimum absolute atomic E-state index is 0.0351. The second-order valence-electron chi connectivity index (χ2n) is 6.04. The molecule has 6 nitrogen and oxygen atoms in total. The van der Waals surface area contributed by atoms with E-state index in [-0.39, 0.29) is 6.04 Å². The predicted molar refractivity (Wildman–Crippen MR) is 82.9 cm³/mol. The fraction of sp³-hybridized carbons (Fsp3) is 1.00. The Morgan fingerprint density at radius 3 is 2.70 bits per heavy atom. The van der Waals surface area contributed by atoms with E-state index in [9.17, 15) is 8.42 Å². The third kappa shape index (κ3) is 6.05. The van der Waals surface area contributed by atoms with Crippen LogP contribution < -0.4 is 10.0 Å². The maximum atomic E-state index is 12.4. The lowest BCUT2D eigenvalue weighted by atomic mass is 10.00. The van der Waals surface area contributed by atoms with E-state index in [1.165, 1.54) is 0 Å². The smallest absolute Gasteiger partial charge is 0.279 e. The summed E-state index contributed by atoms with van der Waals surface area (Å²) < 4.78 is 29.1. The molecule has 0 aliphatic carbocycles. The van der Waals surface area contributed by atoms with Gasteiger partial charge in [0, 0.05) is 19.1 Å². The Balaban J connectivity index is 2.50. The Labute approximate surface area is 124 Å². The van der Waals surface area contributed by atoms with E-state index in [1.807, 2.05) is 28.1 Å². The summed E-state index contributed by atoms with van der Waals surface area (Å²) in [5, 5.41) is 3.14. The van der Waals surface area contributed by atoms with Crippen molar-refractivity contribution in [2.75, 3.05) is 47.3 Å². The number of hydrogen-bond donors (Lipinski definition) is 2. The molecule has 2 unspecified atom stereocenters. The zero-order valence-electron chi connectivity index (χ0n) is 13.2. The Bertz CT molecular complexity index is 371. The molecule has 0 aromatic rings. The first-order valence-corrected chi connectivity index (χ1v) is 8.86. The molecule has 20 heavy (non-hydrogen) atoms. The highest BCUT2D eigenvalue weighted by Gasteiger charge is 2.29. The van der Waals surface area contributed by atoms with Crippen molar-refractivity contribution in [3.63, 3.8) is 0 Å². The molecular formula is C13H30N4O2S. The van der Waals surface area contributed by atoms with Crippen molar-refractivity contribution in [3.05, 3.63) is 0 Å². The van der Waals surface area contributed by atoms with Gasteiger partial charge in [-0.05, 0) is 66.3 Å². The number of piperidine rings is 1. The van der Waals surface area contributed by atoms with Gasteiger partial charge in [0.25, 0.3) is 10.2 Å². The molecular weight excluding hydrogens is 276 g/mol. The highest BCUT2D eigenvalue weighted by molar-refractivity contribution is 7.87. The highest BCUT2D eigenvalue weighted by Crippen LogP contribution is 2.18. The molecule has 0 spiro atoms. The maximum absolute atomic E-state index is 12.4. The fourth-order valence-electron chi connectivity index (χ4n) is 2.54. The summed E-state index contributed by atoms with van der Waals surface area (Å²) in [5.41, 5.74) is 0. The molecule has 120 valence electrons. The first-order chi connectivity index (χ1) is 9.35. The van der Waals surface area contributed by atoms with Crippen LogP contribution in [0.2, 0.25) is 0 Å². The second-order valence-corrected chi connectivity index (χ2v) is 7.74. The average molecular weight is 306 g/mol. The Morgan fingerprint density at radius 2 is 2.10 bits per heavy atom. The highest BCUT2D eigenvalue weighted by atomic mass is 32.2. The van der Waals surface area contributed by atoms with Crippen molar-refractivity contribution in [3.8, 4) is 0 Å². The van der Waals surface area contributed by atoms with Crippen molar-refractivity contribution < 1.29 is 8.42 Å². The maximum Gasteiger partial charge on any atom is 0.279 e. The largest absolute Gasteiger partial charge is 0.319 e. The van der Waals surface area contributed by atoms with Crippen LogP contribution in [0.25, 0.3) is 0 Å². The van der Waals surface area contributed by atoms with Crippen LogP contribution in [0.15, 0.2) is 0 Å². The second kappa shape index (κ2) is 8.29. The van der Waals surface area contributed by atoms with Gasteiger partial charge in [0.1, 0.15) is 0 Å². The summed E-state index contributed by atoms with van der Waals surface area (Å²) in [6, 6.07) is -0.0351. The molecule has 1 rings (SSSR count). The van der Waals surface area contributed by atoms with Gasteiger partial charge in [-0.3, -0.25) is 0 Å². The van der Waals surface area contributed by atoms with Gasteiger partial charge in [-0.1, -0.05) is 0 Å². The molecule has 0 aromatic heterocycles. The monoisotopic (exact) mass is 306 g/mol. The van der Waals surface area contributed by atoms with Crippen molar-refractivity contribution in [2.24, 2.45) is 5.92 Å². The Kier molecular flexibility index (Phi) is 7.39. The Hall–Kier alpha value is -0.210. The Morgan fingerprint density at radius 1 is 1.40 bits per heavy atom. The molecule has 2 N–H and O–H groups in total. The average Bonchev–Trinajstić information content (AvgIpc) is 2.37. The quantitative estimate of drug-likeness (QED) is 0.667. The minimum atomic E-state index is -3.34. The van der Waals surface area contributed by atoms with E-state index in [0.717, 1.165) is 32.4 Å². The van der Waals surface area contributed by atoms with Crippen molar-refractivity contribution in [1.29, 1.82) is 0 Å². The van der Waals surface area contributed by atoms with E-state index in [4.69, 9.17) is 0 Å². The summed E-state index contributed by atoms with van der Waals surface area (Å²) in [6.45, 7) is 4.94. The molecule has 0 amide bonds. The summed E-state index contributed by atoms with van der Waals surface area (Å²) >= 11 is 0. The van der Waals surface area contributed by atoms with Crippen molar-refractivity contribution >= 4 is 10.2 Å². The van der Waals surface area contributed by atoms with Crippen LogP contribution in [0.4, 0.5) is 0 Å². The molecule has 0 bridgehead atoms. The van der Waals surface area contributed by atoms with E-state index >= 15 is 0 Å². The lowest BCUT2D eigenvalue weighted by Gasteiger charge is -2.32. The van der Waals surface area contributed by atoms with E-state index in [1.54, 1.807) is 4.31 Å². The van der Waals surface area contributed by atoms with Gasteiger partial charge < -0.3 is 10.2 Å². The van der Waals surface area contributed by atoms with Gasteiger partial charge in [-0.15, -0.1) is 0 Å². The molecule has 2 atom stereocenters. The van der Waals surface area contributed by atoms with Crippen molar-refractivity contribution in [1.82, 2.24) is 19.2 Å². The SMILES string of the molecule is CNCC1CCCN(S(=O)(=O)NC(C)CCN(C)C)C1. The lowest BCUT2D eigenvalue weighted by molar-refractivity contribution is 0.259. The number of rotatable bonds is 8. The summed E-state index contributed by atoms with van der Waals surface area (Å²) in [5.74, 6) is 0.419. The summed E-state index contributed by atoms with van der Waals surface area (Å²) in [4.78, 5) is 2.06. The van der Waals surface area contributed by atoms with E-state index in [0.29, 0.717) is 19.0 Å². The van der Waals surface area contributed by atoms with Crippen LogP contribution in [0.1, 0.15) is 26.2 Å². The zero-order chi connectivity index (χ0) is 15.2. The van der Waals surface area contributed by atoms with Crippen LogP contribution in [0.3, 0.4) is 0 Å². The molecule has 1 saturated heterocycles. The van der Waals surface area contributed by atoms with Gasteiger partial charge in [-0.25, -0.2) is 0 Å². The minimum Gasteiger partial charge on any atom is -0.319 e. The van der Waals surface area contributed by atoms with Gasteiger partial charge in [0.05, 0.1) is 0 Å². The fourth-order valence-corrected chi connectivity index (χ4v) is 4.09. The van der Waals surface area contributed by atoms with Gasteiger partial charge in [-0.2, -0.15) is 17.4 Å². The van der Waals surface area contributed by atoms with Gasteiger partial charge >= 0.3 is 0 Å².